The summed E-state index contributed by atoms with van der Waals surface area (Å²) >= 11 is 3.47. The van der Waals surface area contributed by atoms with Crippen LogP contribution in [0.1, 0.15) is 25.7 Å². The molecule has 0 aromatic carbocycles. The number of Topliss-reactive ketones (excluding diaryl/α,β-unsaturated/α-hetero) is 1. The fourth-order valence-electron chi connectivity index (χ4n) is 2.66. The second kappa shape index (κ2) is 5.08. The molecular weight excluding hydrogens is 310 g/mol. The number of fused-ring (bicyclic) bond motifs is 1. The van der Waals surface area contributed by atoms with Gasteiger partial charge in [-0.3, -0.25) is 4.79 Å². The maximum Gasteiger partial charge on any atom is 0.146 e. The number of halogens is 2. The van der Waals surface area contributed by atoms with Gasteiger partial charge in [0.15, 0.2) is 0 Å². The quantitative estimate of drug-likeness (QED) is 0.637. The van der Waals surface area contributed by atoms with Gasteiger partial charge in [-0.25, -0.2) is 0 Å². The molecule has 2 rings (SSSR count). The Labute approximate surface area is 104 Å². The predicted octanol–water partition coefficient (Wildman–Crippen LogP) is 2.40. The number of carbonyl (C=O) groups excluding carboxylic acids is 1. The SMILES string of the molecule is Br.CN1CCC[C@H]2CC(=O)C(Br)C[C@@H]21. The average molecular weight is 327 g/mol. The van der Waals surface area contributed by atoms with E-state index in [4.69, 9.17) is 0 Å². The van der Waals surface area contributed by atoms with Gasteiger partial charge in [0.1, 0.15) is 5.78 Å². The molecule has 0 aromatic rings. The van der Waals surface area contributed by atoms with Gasteiger partial charge in [-0.15, -0.1) is 17.0 Å². The lowest BCUT2D eigenvalue weighted by atomic mass is 9.78. The average Bonchev–Trinajstić information content (AvgIpc) is 2.09. The minimum atomic E-state index is 0. The van der Waals surface area contributed by atoms with Crippen molar-refractivity contribution in [3.8, 4) is 0 Å². The molecule has 1 aliphatic heterocycles. The van der Waals surface area contributed by atoms with E-state index in [0.29, 0.717) is 17.7 Å². The van der Waals surface area contributed by atoms with Crippen LogP contribution in [0.25, 0.3) is 0 Å². The van der Waals surface area contributed by atoms with Gasteiger partial charge in [0, 0.05) is 12.5 Å². The Morgan fingerprint density at radius 1 is 1.50 bits per heavy atom. The largest absolute Gasteiger partial charge is 0.303 e. The van der Waals surface area contributed by atoms with Gasteiger partial charge in [-0.1, -0.05) is 15.9 Å². The molecule has 3 atom stereocenters. The highest BCUT2D eigenvalue weighted by Crippen LogP contribution is 2.35. The van der Waals surface area contributed by atoms with Crippen molar-refractivity contribution in [2.45, 2.75) is 36.6 Å². The van der Waals surface area contributed by atoms with E-state index in [-0.39, 0.29) is 21.8 Å². The number of piperidine rings is 1. The van der Waals surface area contributed by atoms with Crippen molar-refractivity contribution in [2.24, 2.45) is 5.92 Å². The fourth-order valence-corrected chi connectivity index (χ4v) is 3.23. The van der Waals surface area contributed by atoms with Crippen LogP contribution in [0.5, 0.6) is 0 Å². The first kappa shape index (κ1) is 12.7. The van der Waals surface area contributed by atoms with Crippen LogP contribution in [0.3, 0.4) is 0 Å². The molecule has 2 fully saturated rings. The second-order valence-corrected chi connectivity index (χ2v) is 5.43. The molecule has 1 saturated heterocycles. The summed E-state index contributed by atoms with van der Waals surface area (Å²) in [6.07, 6.45) is 4.32. The molecule has 0 N–H and O–H groups in total. The number of carbonyl (C=O) groups is 1. The van der Waals surface area contributed by atoms with Crippen LogP contribution in [-0.4, -0.2) is 35.1 Å². The Bertz CT molecular complexity index is 222. The molecule has 14 heavy (non-hydrogen) atoms. The lowest BCUT2D eigenvalue weighted by Gasteiger charge is -2.43. The van der Waals surface area contributed by atoms with Crippen molar-refractivity contribution in [3.63, 3.8) is 0 Å². The van der Waals surface area contributed by atoms with Gasteiger partial charge in [0.25, 0.3) is 0 Å². The summed E-state index contributed by atoms with van der Waals surface area (Å²) in [5.41, 5.74) is 0. The summed E-state index contributed by atoms with van der Waals surface area (Å²) in [7, 11) is 2.19. The van der Waals surface area contributed by atoms with Crippen LogP contribution in [0.4, 0.5) is 0 Å². The third-order valence-electron chi connectivity index (χ3n) is 3.46. The highest BCUT2D eigenvalue weighted by molar-refractivity contribution is 9.10. The predicted molar refractivity (Wildman–Crippen MR) is 66.4 cm³/mol. The lowest BCUT2D eigenvalue weighted by Crippen LogP contribution is -2.49. The van der Waals surface area contributed by atoms with Gasteiger partial charge >= 0.3 is 0 Å². The van der Waals surface area contributed by atoms with E-state index in [1.165, 1.54) is 19.4 Å². The Morgan fingerprint density at radius 3 is 2.93 bits per heavy atom. The van der Waals surface area contributed by atoms with Crippen LogP contribution in [-0.2, 0) is 4.79 Å². The topological polar surface area (TPSA) is 20.3 Å². The highest BCUT2D eigenvalue weighted by atomic mass is 79.9. The van der Waals surface area contributed by atoms with E-state index in [2.05, 4.69) is 27.9 Å². The number of rotatable bonds is 0. The number of nitrogens with zero attached hydrogens (tertiary/aromatic N) is 1. The van der Waals surface area contributed by atoms with Crippen LogP contribution in [0.2, 0.25) is 0 Å². The van der Waals surface area contributed by atoms with Gasteiger partial charge in [-0.2, -0.15) is 0 Å². The van der Waals surface area contributed by atoms with E-state index in [9.17, 15) is 4.79 Å². The molecule has 0 radical (unpaired) electrons. The smallest absolute Gasteiger partial charge is 0.146 e. The third kappa shape index (κ3) is 2.39. The van der Waals surface area contributed by atoms with Crippen molar-refractivity contribution in [1.29, 1.82) is 0 Å². The molecule has 0 aromatic heterocycles. The first-order valence-electron chi connectivity index (χ1n) is 5.05. The number of likely N-dealkylation sites (tertiary alicyclic amines) is 1. The molecule has 0 bridgehead atoms. The van der Waals surface area contributed by atoms with Crippen LogP contribution < -0.4 is 0 Å². The first-order chi connectivity index (χ1) is 6.18. The number of hydrogen-bond donors (Lipinski definition) is 0. The monoisotopic (exact) mass is 325 g/mol. The standard InChI is InChI=1S/C10H16BrNO.BrH/c1-12-4-2-3-7-5-10(13)8(11)6-9(7)12;/h7-9H,2-6H2,1H3;1H/t7-,8?,9-;/m0./s1. The summed E-state index contributed by atoms with van der Waals surface area (Å²) in [5, 5.41) is 0. The third-order valence-corrected chi connectivity index (χ3v) is 4.34. The van der Waals surface area contributed by atoms with E-state index in [1.54, 1.807) is 0 Å². The zero-order chi connectivity index (χ0) is 9.42. The van der Waals surface area contributed by atoms with E-state index < -0.39 is 0 Å². The van der Waals surface area contributed by atoms with E-state index in [0.717, 1.165) is 12.8 Å². The minimum Gasteiger partial charge on any atom is -0.303 e. The zero-order valence-corrected chi connectivity index (χ0v) is 11.7. The van der Waals surface area contributed by atoms with Crippen LogP contribution in [0.15, 0.2) is 0 Å². The summed E-state index contributed by atoms with van der Waals surface area (Å²) < 4.78 is 0. The van der Waals surface area contributed by atoms with Gasteiger partial charge in [-0.05, 0) is 38.8 Å². The lowest BCUT2D eigenvalue weighted by molar-refractivity contribution is -0.123. The maximum atomic E-state index is 11.5. The summed E-state index contributed by atoms with van der Waals surface area (Å²) in [6.45, 7) is 1.20. The van der Waals surface area contributed by atoms with E-state index in [1.807, 2.05) is 0 Å². The van der Waals surface area contributed by atoms with Crippen LogP contribution in [0, 0.1) is 5.92 Å². The molecule has 1 heterocycles. The zero-order valence-electron chi connectivity index (χ0n) is 8.41. The molecule has 1 aliphatic carbocycles. The van der Waals surface area contributed by atoms with Gasteiger partial charge in [0.05, 0.1) is 4.83 Å². The van der Waals surface area contributed by atoms with Crippen molar-refractivity contribution in [3.05, 3.63) is 0 Å². The maximum absolute atomic E-state index is 11.5. The number of hydrogen-bond acceptors (Lipinski definition) is 2. The van der Waals surface area contributed by atoms with Crippen LogP contribution >= 0.6 is 32.9 Å². The second-order valence-electron chi connectivity index (χ2n) is 4.32. The highest BCUT2D eigenvalue weighted by Gasteiger charge is 2.38. The summed E-state index contributed by atoms with van der Waals surface area (Å²) in [5.74, 6) is 1.05. The number of alkyl halides is 1. The summed E-state index contributed by atoms with van der Waals surface area (Å²) in [4.78, 5) is 14.0. The molecule has 4 heteroatoms. The molecule has 82 valence electrons. The van der Waals surface area contributed by atoms with Crippen molar-refractivity contribution >= 4 is 38.7 Å². The van der Waals surface area contributed by atoms with Gasteiger partial charge < -0.3 is 4.90 Å². The first-order valence-corrected chi connectivity index (χ1v) is 5.97. The normalized spacial score (nSPS) is 38.7. The number of ketones is 1. The Morgan fingerprint density at radius 2 is 2.21 bits per heavy atom. The molecular formula is C10H17Br2NO. The fraction of sp³-hybridized carbons (Fsp3) is 0.900. The molecule has 1 saturated carbocycles. The Kier molecular flexibility index (Phi) is 4.59. The van der Waals surface area contributed by atoms with Crippen molar-refractivity contribution in [1.82, 2.24) is 4.90 Å². The minimum absolute atomic E-state index is 0. The molecule has 2 aliphatic rings. The Balaban J connectivity index is 0.000000980. The Hall–Kier alpha value is 0.590. The van der Waals surface area contributed by atoms with Crippen molar-refractivity contribution in [2.75, 3.05) is 13.6 Å². The van der Waals surface area contributed by atoms with Crippen molar-refractivity contribution < 1.29 is 4.79 Å². The van der Waals surface area contributed by atoms with E-state index >= 15 is 0 Å². The summed E-state index contributed by atoms with van der Waals surface area (Å²) in [6, 6.07) is 0.649. The molecule has 2 nitrogen and oxygen atoms in total. The van der Waals surface area contributed by atoms with Gasteiger partial charge in [0.2, 0.25) is 0 Å². The molecule has 1 unspecified atom stereocenters. The molecule has 0 amide bonds. The molecule has 0 spiro atoms.